The minimum atomic E-state index is -0.326. The first-order chi connectivity index (χ1) is 15.0. The van der Waals surface area contributed by atoms with Gasteiger partial charge in [-0.3, -0.25) is 10.1 Å². The van der Waals surface area contributed by atoms with Gasteiger partial charge >= 0.3 is 0 Å². The van der Waals surface area contributed by atoms with Crippen LogP contribution in [-0.4, -0.2) is 24.2 Å². The van der Waals surface area contributed by atoms with Crippen LogP contribution in [0.4, 0.5) is 5.69 Å². The molecule has 1 amide bonds. The largest absolute Gasteiger partial charge is 0.494 e. The molecule has 0 saturated carbocycles. The highest BCUT2D eigenvalue weighted by atomic mass is 79.9. The van der Waals surface area contributed by atoms with Gasteiger partial charge in [-0.1, -0.05) is 55.5 Å². The monoisotopic (exact) mass is 506 g/mol. The Labute approximate surface area is 199 Å². The van der Waals surface area contributed by atoms with E-state index in [1.807, 2.05) is 37.3 Å². The molecule has 2 aromatic carbocycles. The van der Waals surface area contributed by atoms with Crippen LogP contribution >= 0.6 is 28.1 Å². The van der Waals surface area contributed by atoms with Crippen LogP contribution in [0.15, 0.2) is 46.9 Å². The summed E-state index contributed by atoms with van der Waals surface area (Å²) in [5.41, 5.74) is 1.20. The Kier molecular flexibility index (Phi) is 11.4. The quantitative estimate of drug-likeness (QED) is 0.247. The number of thiocarbonyl (C=S) groups is 1. The van der Waals surface area contributed by atoms with E-state index in [1.165, 1.54) is 25.7 Å². The van der Waals surface area contributed by atoms with Crippen molar-refractivity contribution in [3.8, 4) is 11.5 Å². The molecule has 0 atom stereocenters. The maximum Gasteiger partial charge on any atom is 0.261 e. The molecule has 31 heavy (non-hydrogen) atoms. The Bertz CT molecular complexity index is 843. The number of rotatable bonds is 12. The highest BCUT2D eigenvalue weighted by Gasteiger charge is 2.15. The molecule has 2 N–H and O–H groups in total. The fraction of sp³-hybridized carbons (Fsp3) is 0.417. The Morgan fingerprint density at radius 3 is 2.39 bits per heavy atom. The van der Waals surface area contributed by atoms with Gasteiger partial charge in [-0.25, -0.2) is 0 Å². The van der Waals surface area contributed by atoms with Gasteiger partial charge in [0.1, 0.15) is 11.5 Å². The van der Waals surface area contributed by atoms with Crippen LogP contribution in [0.2, 0.25) is 0 Å². The third kappa shape index (κ3) is 9.27. The zero-order valence-electron chi connectivity index (χ0n) is 18.2. The lowest BCUT2D eigenvalue weighted by atomic mass is 10.2. The summed E-state index contributed by atoms with van der Waals surface area (Å²) in [5.74, 6) is 1.03. The molecule has 0 saturated heterocycles. The van der Waals surface area contributed by atoms with Gasteiger partial charge in [0.15, 0.2) is 5.11 Å². The summed E-state index contributed by atoms with van der Waals surface area (Å²) >= 11 is 8.70. The predicted molar refractivity (Wildman–Crippen MR) is 134 cm³/mol. The lowest BCUT2D eigenvalue weighted by Gasteiger charge is -2.13. The van der Waals surface area contributed by atoms with Gasteiger partial charge in [0.2, 0.25) is 0 Å². The van der Waals surface area contributed by atoms with Crippen molar-refractivity contribution in [1.82, 2.24) is 5.32 Å². The SMILES string of the molecule is CCCCCCCOc1ccc(NC(=S)NC(=O)c2cc(Br)ccc2OCCC)cc1. The fourth-order valence-corrected chi connectivity index (χ4v) is 3.45. The minimum absolute atomic E-state index is 0.219. The number of carbonyl (C=O) groups is 1. The molecule has 2 rings (SSSR count). The smallest absolute Gasteiger partial charge is 0.261 e. The van der Waals surface area contributed by atoms with Gasteiger partial charge in [0.25, 0.3) is 5.91 Å². The second-order valence-corrected chi connectivity index (χ2v) is 8.51. The van der Waals surface area contributed by atoms with Crippen LogP contribution in [-0.2, 0) is 0 Å². The Morgan fingerprint density at radius 2 is 1.68 bits per heavy atom. The Hall–Kier alpha value is -2.12. The zero-order chi connectivity index (χ0) is 22.5. The maximum atomic E-state index is 12.7. The van der Waals surface area contributed by atoms with E-state index >= 15 is 0 Å². The van der Waals surface area contributed by atoms with E-state index in [1.54, 1.807) is 12.1 Å². The number of halogens is 1. The number of unbranched alkanes of at least 4 members (excludes halogenated alkanes) is 4. The highest BCUT2D eigenvalue weighted by molar-refractivity contribution is 9.10. The lowest BCUT2D eigenvalue weighted by Crippen LogP contribution is -2.34. The highest BCUT2D eigenvalue weighted by Crippen LogP contribution is 2.23. The summed E-state index contributed by atoms with van der Waals surface area (Å²) in [5, 5.41) is 5.96. The predicted octanol–water partition coefficient (Wildman–Crippen LogP) is 6.71. The molecule has 0 unspecified atom stereocenters. The average Bonchev–Trinajstić information content (AvgIpc) is 2.76. The van der Waals surface area contributed by atoms with Crippen LogP contribution in [0.25, 0.3) is 0 Å². The van der Waals surface area contributed by atoms with E-state index in [2.05, 4.69) is 33.5 Å². The van der Waals surface area contributed by atoms with E-state index in [0.29, 0.717) is 17.9 Å². The molecular weight excluding hydrogens is 476 g/mol. The lowest BCUT2D eigenvalue weighted by molar-refractivity contribution is 0.0973. The fourth-order valence-electron chi connectivity index (χ4n) is 2.88. The number of benzene rings is 2. The molecule has 0 aliphatic heterocycles. The minimum Gasteiger partial charge on any atom is -0.494 e. The van der Waals surface area contributed by atoms with Crippen molar-refractivity contribution in [3.05, 3.63) is 52.5 Å². The van der Waals surface area contributed by atoms with Crippen molar-refractivity contribution in [2.24, 2.45) is 0 Å². The molecule has 0 fully saturated rings. The molecule has 7 heteroatoms. The molecule has 0 aliphatic carbocycles. The number of hydrogen-bond acceptors (Lipinski definition) is 4. The molecule has 2 aromatic rings. The van der Waals surface area contributed by atoms with Crippen molar-refractivity contribution in [2.75, 3.05) is 18.5 Å². The molecule has 0 heterocycles. The van der Waals surface area contributed by atoms with Crippen LogP contribution < -0.4 is 20.1 Å². The summed E-state index contributed by atoms with van der Waals surface area (Å²) in [6, 6.07) is 12.9. The van der Waals surface area contributed by atoms with Gasteiger partial charge in [-0.15, -0.1) is 0 Å². The molecule has 0 radical (unpaired) electrons. The number of nitrogens with one attached hydrogen (secondary N) is 2. The van der Waals surface area contributed by atoms with Crippen molar-refractivity contribution < 1.29 is 14.3 Å². The van der Waals surface area contributed by atoms with Gasteiger partial charge in [-0.2, -0.15) is 0 Å². The van der Waals surface area contributed by atoms with Crippen molar-refractivity contribution in [1.29, 1.82) is 0 Å². The van der Waals surface area contributed by atoms with Crippen molar-refractivity contribution >= 4 is 44.9 Å². The van der Waals surface area contributed by atoms with Gasteiger partial charge in [0, 0.05) is 10.2 Å². The molecule has 5 nitrogen and oxygen atoms in total. The molecular formula is C24H31BrN2O3S. The third-order valence-corrected chi connectivity index (χ3v) is 5.20. The Balaban J connectivity index is 1.84. The first kappa shape index (κ1) is 25.1. The number of carbonyl (C=O) groups excluding carboxylic acids is 1. The average molecular weight is 507 g/mol. The van der Waals surface area contributed by atoms with Crippen LogP contribution in [0, 0.1) is 0 Å². The third-order valence-electron chi connectivity index (χ3n) is 4.50. The molecule has 0 bridgehead atoms. The van der Waals surface area contributed by atoms with Crippen LogP contribution in [0.1, 0.15) is 62.7 Å². The molecule has 0 spiro atoms. The maximum absolute atomic E-state index is 12.7. The van der Waals surface area contributed by atoms with E-state index in [9.17, 15) is 4.79 Å². The summed E-state index contributed by atoms with van der Waals surface area (Å²) in [7, 11) is 0. The second-order valence-electron chi connectivity index (χ2n) is 7.18. The number of hydrogen-bond donors (Lipinski definition) is 2. The zero-order valence-corrected chi connectivity index (χ0v) is 20.6. The first-order valence-electron chi connectivity index (χ1n) is 10.8. The Morgan fingerprint density at radius 1 is 0.935 bits per heavy atom. The number of ether oxygens (including phenoxy) is 2. The normalized spacial score (nSPS) is 10.4. The molecule has 0 aliphatic rings. The second kappa shape index (κ2) is 14.0. The van der Waals surface area contributed by atoms with Crippen molar-refractivity contribution in [3.63, 3.8) is 0 Å². The number of anilines is 1. The summed E-state index contributed by atoms with van der Waals surface area (Å²) in [4.78, 5) is 12.7. The van der Waals surface area contributed by atoms with Crippen molar-refractivity contribution in [2.45, 2.75) is 52.4 Å². The summed E-state index contributed by atoms with van der Waals surface area (Å²) in [6.45, 7) is 5.49. The van der Waals surface area contributed by atoms with Crippen LogP contribution in [0.3, 0.4) is 0 Å². The standard InChI is InChI=1S/C24H31BrN2O3S/c1-3-5-6-7-8-16-29-20-12-10-19(11-13-20)26-24(31)27-23(28)21-17-18(25)9-14-22(21)30-15-4-2/h9-14,17H,3-8,15-16H2,1-2H3,(H2,26,27,28,31). The summed E-state index contributed by atoms with van der Waals surface area (Å²) < 4.78 is 12.2. The topological polar surface area (TPSA) is 59.6 Å². The number of amides is 1. The van der Waals surface area contributed by atoms with Gasteiger partial charge in [0.05, 0.1) is 18.8 Å². The van der Waals surface area contributed by atoms with E-state index in [4.69, 9.17) is 21.7 Å². The first-order valence-corrected chi connectivity index (χ1v) is 12.0. The van der Waals surface area contributed by atoms with Gasteiger partial charge in [-0.05, 0) is 67.5 Å². The van der Waals surface area contributed by atoms with E-state index in [0.717, 1.165) is 35.4 Å². The van der Waals surface area contributed by atoms with Gasteiger partial charge < -0.3 is 14.8 Å². The molecule has 168 valence electrons. The molecule has 0 aromatic heterocycles. The van der Waals surface area contributed by atoms with Crippen LogP contribution in [0.5, 0.6) is 11.5 Å². The van der Waals surface area contributed by atoms with E-state index in [-0.39, 0.29) is 11.0 Å². The van der Waals surface area contributed by atoms with E-state index < -0.39 is 0 Å². The summed E-state index contributed by atoms with van der Waals surface area (Å²) in [6.07, 6.45) is 6.91.